The van der Waals surface area contributed by atoms with Crippen LogP contribution in [0, 0.1) is 0 Å². The first kappa shape index (κ1) is 17.6. The number of ether oxygens (including phenoxy) is 2. The predicted octanol–water partition coefficient (Wildman–Crippen LogP) is 1.65. The molecule has 0 unspecified atom stereocenters. The molecule has 1 aromatic rings. The van der Waals surface area contributed by atoms with Gasteiger partial charge in [0.1, 0.15) is 0 Å². The predicted molar refractivity (Wildman–Crippen MR) is 79.5 cm³/mol. The lowest BCUT2D eigenvalue weighted by Gasteiger charge is -2.21. The van der Waals surface area contributed by atoms with Crippen LogP contribution in [0.3, 0.4) is 0 Å². The van der Waals surface area contributed by atoms with Gasteiger partial charge in [-0.05, 0) is 26.0 Å². The summed E-state index contributed by atoms with van der Waals surface area (Å²) in [6, 6.07) is 3.33. The van der Waals surface area contributed by atoms with Crippen LogP contribution in [0.4, 0.5) is 0 Å². The summed E-state index contributed by atoms with van der Waals surface area (Å²) in [5, 5.41) is 8.86. The molecule has 0 spiro atoms. The highest BCUT2D eigenvalue weighted by atomic mass is 16.5. The molecule has 6 nitrogen and oxygen atoms in total. The Morgan fingerprint density at radius 3 is 2.24 bits per heavy atom. The van der Waals surface area contributed by atoms with Gasteiger partial charge in [-0.2, -0.15) is 0 Å². The summed E-state index contributed by atoms with van der Waals surface area (Å²) in [7, 11) is 0. The summed E-state index contributed by atoms with van der Waals surface area (Å²) in [6.07, 6.45) is 1.39. The van der Waals surface area contributed by atoms with Gasteiger partial charge in [0.2, 0.25) is 0 Å². The Hall–Kier alpha value is -1.50. The van der Waals surface area contributed by atoms with Crippen LogP contribution >= 0.6 is 0 Å². The highest BCUT2D eigenvalue weighted by molar-refractivity contribution is 5.87. The molecule has 21 heavy (non-hydrogen) atoms. The second kappa shape index (κ2) is 10.3. The lowest BCUT2D eigenvalue weighted by Crippen LogP contribution is -2.31. The molecule has 0 amide bonds. The molecular weight excluding hydrogens is 272 g/mol. The zero-order valence-corrected chi connectivity index (χ0v) is 12.7. The highest BCUT2D eigenvalue weighted by Crippen LogP contribution is 2.04. The van der Waals surface area contributed by atoms with E-state index >= 15 is 0 Å². The molecule has 0 atom stereocenters. The van der Waals surface area contributed by atoms with Crippen molar-refractivity contribution in [3.8, 4) is 0 Å². The summed E-state index contributed by atoms with van der Waals surface area (Å²) < 4.78 is 10.8. The number of nitrogens with zero attached hydrogens (tertiary/aromatic N) is 2. The van der Waals surface area contributed by atoms with Crippen molar-refractivity contribution in [2.45, 2.75) is 20.4 Å². The number of carbonyl (C=O) groups is 1. The molecule has 6 heteroatoms. The number of hydrogen-bond donors (Lipinski definition) is 1. The van der Waals surface area contributed by atoms with Crippen LogP contribution in [0.25, 0.3) is 0 Å². The molecule has 1 aromatic heterocycles. The van der Waals surface area contributed by atoms with E-state index in [1.54, 1.807) is 12.1 Å². The molecular formula is C15H24N2O4. The maximum absolute atomic E-state index is 10.8. The Balaban J connectivity index is 2.54. The summed E-state index contributed by atoms with van der Waals surface area (Å²) in [6.45, 7) is 8.90. The van der Waals surface area contributed by atoms with E-state index in [-0.39, 0.29) is 5.56 Å². The van der Waals surface area contributed by atoms with Crippen LogP contribution < -0.4 is 0 Å². The molecule has 1 rings (SSSR count). The molecule has 118 valence electrons. The van der Waals surface area contributed by atoms with Crippen LogP contribution in [-0.2, 0) is 16.0 Å². The van der Waals surface area contributed by atoms with E-state index < -0.39 is 5.97 Å². The first-order valence-corrected chi connectivity index (χ1v) is 7.23. The number of pyridine rings is 1. The molecule has 1 heterocycles. The van der Waals surface area contributed by atoms with Gasteiger partial charge in [-0.3, -0.25) is 9.88 Å². The molecule has 0 aromatic carbocycles. The van der Waals surface area contributed by atoms with Crippen LogP contribution in [0.2, 0.25) is 0 Å². The van der Waals surface area contributed by atoms with Crippen LogP contribution in [0.5, 0.6) is 0 Å². The molecule has 0 radical (unpaired) electrons. The summed E-state index contributed by atoms with van der Waals surface area (Å²) in [5.74, 6) is -0.960. The van der Waals surface area contributed by atoms with Crippen molar-refractivity contribution in [2.75, 3.05) is 39.5 Å². The minimum Gasteiger partial charge on any atom is -0.478 e. The van der Waals surface area contributed by atoms with Gasteiger partial charge >= 0.3 is 5.97 Å². The fraction of sp³-hybridized carbons (Fsp3) is 0.600. The summed E-state index contributed by atoms with van der Waals surface area (Å²) in [4.78, 5) is 17.2. The van der Waals surface area contributed by atoms with E-state index in [2.05, 4.69) is 9.88 Å². The van der Waals surface area contributed by atoms with Crippen molar-refractivity contribution in [2.24, 2.45) is 0 Å². The van der Waals surface area contributed by atoms with Gasteiger partial charge in [0.25, 0.3) is 0 Å². The van der Waals surface area contributed by atoms with Crippen LogP contribution in [-0.4, -0.2) is 60.5 Å². The lowest BCUT2D eigenvalue weighted by atomic mass is 10.2. The van der Waals surface area contributed by atoms with Crippen molar-refractivity contribution in [3.05, 3.63) is 29.6 Å². The molecule has 0 saturated carbocycles. The second-order valence-electron chi connectivity index (χ2n) is 4.51. The van der Waals surface area contributed by atoms with Gasteiger partial charge in [-0.15, -0.1) is 0 Å². The molecule has 0 fully saturated rings. The Morgan fingerprint density at radius 2 is 1.81 bits per heavy atom. The fourth-order valence-corrected chi connectivity index (χ4v) is 1.82. The normalized spacial score (nSPS) is 11.0. The topological polar surface area (TPSA) is 71.9 Å². The number of aromatic carboxylic acids is 1. The van der Waals surface area contributed by atoms with Gasteiger partial charge < -0.3 is 14.6 Å². The number of carboxylic acids is 1. The van der Waals surface area contributed by atoms with E-state index in [1.807, 2.05) is 13.8 Å². The molecule has 1 N–H and O–H groups in total. The molecule has 0 aliphatic rings. The number of aromatic nitrogens is 1. The Kier molecular flexibility index (Phi) is 8.57. The SMILES string of the molecule is CCOCCN(CCOCC)Cc1ccc(C(=O)O)cn1. The van der Waals surface area contributed by atoms with Gasteiger partial charge in [0.15, 0.2) is 0 Å². The maximum Gasteiger partial charge on any atom is 0.337 e. The maximum atomic E-state index is 10.8. The standard InChI is InChI=1S/C15H24N2O4/c1-3-20-9-7-17(8-10-21-4-2)12-14-6-5-13(11-16-14)15(18)19/h5-6,11H,3-4,7-10,12H2,1-2H3,(H,18,19). The fourth-order valence-electron chi connectivity index (χ4n) is 1.82. The van der Waals surface area contributed by atoms with Gasteiger partial charge in [-0.1, -0.05) is 0 Å². The second-order valence-corrected chi connectivity index (χ2v) is 4.51. The zero-order valence-electron chi connectivity index (χ0n) is 12.7. The monoisotopic (exact) mass is 296 g/mol. The summed E-state index contributed by atoms with van der Waals surface area (Å²) in [5.41, 5.74) is 1.04. The smallest absolute Gasteiger partial charge is 0.337 e. The minimum absolute atomic E-state index is 0.203. The quantitative estimate of drug-likeness (QED) is 0.626. The van der Waals surface area contributed by atoms with E-state index in [4.69, 9.17) is 14.6 Å². The zero-order chi connectivity index (χ0) is 15.5. The molecule has 0 aliphatic carbocycles. The van der Waals surface area contributed by atoms with Crippen molar-refractivity contribution in [1.82, 2.24) is 9.88 Å². The molecule has 0 saturated heterocycles. The lowest BCUT2D eigenvalue weighted by molar-refractivity contribution is 0.0696. The largest absolute Gasteiger partial charge is 0.478 e. The molecule has 0 aliphatic heterocycles. The number of rotatable bonds is 11. The Bertz CT molecular complexity index is 399. The van der Waals surface area contributed by atoms with Crippen molar-refractivity contribution < 1.29 is 19.4 Å². The van der Waals surface area contributed by atoms with Gasteiger partial charge in [-0.25, -0.2) is 4.79 Å². The van der Waals surface area contributed by atoms with Crippen molar-refractivity contribution >= 4 is 5.97 Å². The van der Waals surface area contributed by atoms with Crippen molar-refractivity contribution in [1.29, 1.82) is 0 Å². The number of carboxylic acid groups (broad SMARTS) is 1. The third-order valence-corrected chi connectivity index (χ3v) is 2.97. The van der Waals surface area contributed by atoms with Crippen LogP contribution in [0.15, 0.2) is 18.3 Å². The van der Waals surface area contributed by atoms with Gasteiger partial charge in [0.05, 0.1) is 24.5 Å². The van der Waals surface area contributed by atoms with Crippen molar-refractivity contribution in [3.63, 3.8) is 0 Å². The van der Waals surface area contributed by atoms with Crippen LogP contribution in [0.1, 0.15) is 29.9 Å². The average molecular weight is 296 g/mol. The average Bonchev–Trinajstić information content (AvgIpc) is 2.48. The number of hydrogen-bond acceptors (Lipinski definition) is 5. The minimum atomic E-state index is -0.960. The van der Waals surface area contributed by atoms with E-state index in [9.17, 15) is 4.79 Å². The first-order chi connectivity index (χ1) is 10.2. The third-order valence-electron chi connectivity index (χ3n) is 2.97. The summed E-state index contributed by atoms with van der Waals surface area (Å²) >= 11 is 0. The van der Waals surface area contributed by atoms with Gasteiger partial charge in [0, 0.05) is 39.0 Å². The first-order valence-electron chi connectivity index (χ1n) is 7.23. The Morgan fingerprint density at radius 1 is 1.19 bits per heavy atom. The van der Waals surface area contributed by atoms with E-state index in [0.717, 1.165) is 18.8 Å². The third kappa shape index (κ3) is 7.17. The van der Waals surface area contributed by atoms with E-state index in [1.165, 1.54) is 6.20 Å². The Labute approximate surface area is 125 Å². The molecule has 0 bridgehead atoms. The highest BCUT2D eigenvalue weighted by Gasteiger charge is 2.08. The van der Waals surface area contributed by atoms with E-state index in [0.29, 0.717) is 33.0 Å².